The van der Waals surface area contributed by atoms with Crippen LogP contribution in [0.5, 0.6) is 0 Å². The zero-order valence-corrected chi connectivity index (χ0v) is 13.7. The zero-order chi connectivity index (χ0) is 16.1. The van der Waals surface area contributed by atoms with Crippen molar-refractivity contribution in [3.05, 3.63) is 0 Å². The van der Waals surface area contributed by atoms with Gasteiger partial charge >= 0.3 is 5.97 Å². The minimum Gasteiger partial charge on any atom is -0.466 e. The largest absolute Gasteiger partial charge is 0.466 e. The quantitative estimate of drug-likeness (QED) is 0.555. The van der Waals surface area contributed by atoms with Crippen LogP contribution in [0, 0.1) is 0 Å². The summed E-state index contributed by atoms with van der Waals surface area (Å²) in [7, 11) is 0. The molecule has 0 radical (unpaired) electrons. The van der Waals surface area contributed by atoms with Gasteiger partial charge in [-0.1, -0.05) is 0 Å². The number of ether oxygens (including phenoxy) is 3. The molecule has 0 aliphatic heterocycles. The van der Waals surface area contributed by atoms with Gasteiger partial charge in [0.05, 0.1) is 25.4 Å². The molecule has 0 saturated carbocycles. The maximum absolute atomic E-state index is 11.5. The first-order valence-corrected chi connectivity index (χ1v) is 7.59. The molecule has 0 atom stereocenters. The summed E-state index contributed by atoms with van der Waals surface area (Å²) in [6, 6.07) is 0. The molecule has 0 aliphatic carbocycles. The van der Waals surface area contributed by atoms with Crippen molar-refractivity contribution in [1.29, 1.82) is 0 Å². The molecule has 6 heteroatoms. The highest BCUT2D eigenvalue weighted by molar-refractivity contribution is 5.74. The lowest BCUT2D eigenvalue weighted by molar-refractivity contribution is -0.143. The van der Waals surface area contributed by atoms with E-state index < -0.39 is 5.54 Å². The van der Waals surface area contributed by atoms with Crippen molar-refractivity contribution in [2.24, 2.45) is 0 Å². The summed E-state index contributed by atoms with van der Waals surface area (Å²) in [6.07, 6.45) is 1.54. The Morgan fingerprint density at radius 1 is 1.00 bits per heavy atom. The summed E-state index contributed by atoms with van der Waals surface area (Å²) < 4.78 is 15.9. The van der Waals surface area contributed by atoms with Gasteiger partial charge in [0.2, 0.25) is 5.91 Å². The first kappa shape index (κ1) is 19.9. The average molecular weight is 303 g/mol. The molecular weight excluding hydrogens is 274 g/mol. The Morgan fingerprint density at radius 3 is 2.00 bits per heavy atom. The second-order valence-corrected chi connectivity index (χ2v) is 4.89. The molecule has 0 aromatic heterocycles. The van der Waals surface area contributed by atoms with Crippen LogP contribution in [0.4, 0.5) is 0 Å². The summed E-state index contributed by atoms with van der Waals surface area (Å²) in [5.74, 6) is -0.354. The third kappa shape index (κ3) is 9.42. The van der Waals surface area contributed by atoms with E-state index in [1.54, 1.807) is 6.92 Å². The molecule has 6 nitrogen and oxygen atoms in total. The van der Waals surface area contributed by atoms with Crippen LogP contribution in [-0.2, 0) is 23.8 Å². The van der Waals surface area contributed by atoms with E-state index in [0.717, 1.165) is 0 Å². The number of rotatable bonds is 12. The van der Waals surface area contributed by atoms with Crippen LogP contribution in [-0.4, -0.2) is 50.4 Å². The molecule has 0 spiro atoms. The molecule has 0 fully saturated rings. The minimum atomic E-state index is -0.593. The Balaban J connectivity index is 4.63. The second kappa shape index (κ2) is 11.5. The average Bonchev–Trinajstić information content (AvgIpc) is 2.42. The molecular formula is C15H29NO5. The normalized spacial score (nSPS) is 11.2. The standard InChI is InChI=1S/C15H29NO5/c1-5-19-11-15(12-20-6-2,16-13(4)17)10-8-9-14(18)21-7-3/h5-12H2,1-4H3,(H,16,17). The van der Waals surface area contributed by atoms with Crippen LogP contribution in [0.3, 0.4) is 0 Å². The molecule has 0 heterocycles. The summed E-state index contributed by atoms with van der Waals surface area (Å²) in [5.41, 5.74) is -0.593. The summed E-state index contributed by atoms with van der Waals surface area (Å²) in [6.45, 7) is 9.29. The lowest BCUT2D eigenvalue weighted by atomic mass is 9.94. The first-order chi connectivity index (χ1) is 9.99. The summed E-state index contributed by atoms with van der Waals surface area (Å²) >= 11 is 0. The van der Waals surface area contributed by atoms with Crippen molar-refractivity contribution in [2.75, 3.05) is 33.0 Å². The lowest BCUT2D eigenvalue weighted by Crippen LogP contribution is -2.54. The highest BCUT2D eigenvalue weighted by Gasteiger charge is 2.31. The number of nitrogens with one attached hydrogen (secondary N) is 1. The third-order valence-electron chi connectivity index (χ3n) is 2.95. The highest BCUT2D eigenvalue weighted by Crippen LogP contribution is 2.17. The van der Waals surface area contributed by atoms with Crippen molar-refractivity contribution < 1.29 is 23.8 Å². The number of esters is 1. The molecule has 0 aromatic rings. The maximum Gasteiger partial charge on any atom is 0.305 e. The van der Waals surface area contributed by atoms with Gasteiger partial charge in [-0.15, -0.1) is 0 Å². The van der Waals surface area contributed by atoms with E-state index in [2.05, 4.69) is 5.32 Å². The SMILES string of the molecule is CCOCC(CCCC(=O)OCC)(COCC)NC(C)=O. The van der Waals surface area contributed by atoms with Crippen LogP contribution < -0.4 is 5.32 Å². The Morgan fingerprint density at radius 2 is 1.57 bits per heavy atom. The molecule has 0 rings (SSSR count). The topological polar surface area (TPSA) is 73.9 Å². The number of carbonyl (C=O) groups is 2. The number of hydrogen-bond acceptors (Lipinski definition) is 5. The zero-order valence-electron chi connectivity index (χ0n) is 13.7. The maximum atomic E-state index is 11.5. The van der Waals surface area contributed by atoms with E-state index in [-0.39, 0.29) is 11.9 Å². The van der Waals surface area contributed by atoms with Crippen molar-refractivity contribution in [2.45, 2.75) is 52.5 Å². The predicted octanol–water partition coefficient (Wildman–Crippen LogP) is 1.67. The number of amides is 1. The van der Waals surface area contributed by atoms with Gasteiger partial charge in [0.15, 0.2) is 0 Å². The molecule has 0 aromatic carbocycles. The van der Waals surface area contributed by atoms with Crippen LogP contribution in [0.1, 0.15) is 47.0 Å². The molecule has 0 bridgehead atoms. The molecule has 0 saturated heterocycles. The van der Waals surface area contributed by atoms with E-state index in [9.17, 15) is 9.59 Å². The van der Waals surface area contributed by atoms with Gasteiger partial charge in [-0.05, 0) is 33.6 Å². The molecule has 124 valence electrons. The molecule has 1 N–H and O–H groups in total. The van der Waals surface area contributed by atoms with Crippen molar-refractivity contribution >= 4 is 11.9 Å². The summed E-state index contributed by atoms with van der Waals surface area (Å²) in [5, 5.41) is 2.93. The smallest absolute Gasteiger partial charge is 0.305 e. The molecule has 21 heavy (non-hydrogen) atoms. The van der Waals surface area contributed by atoms with Crippen LogP contribution >= 0.6 is 0 Å². The molecule has 0 unspecified atom stereocenters. The summed E-state index contributed by atoms with van der Waals surface area (Å²) in [4.78, 5) is 22.9. The number of carbonyl (C=O) groups excluding carboxylic acids is 2. The van der Waals surface area contributed by atoms with Gasteiger partial charge in [-0.3, -0.25) is 9.59 Å². The van der Waals surface area contributed by atoms with E-state index in [0.29, 0.717) is 52.3 Å². The molecule has 0 aliphatic rings. The van der Waals surface area contributed by atoms with E-state index >= 15 is 0 Å². The van der Waals surface area contributed by atoms with Gasteiger partial charge in [-0.2, -0.15) is 0 Å². The van der Waals surface area contributed by atoms with Crippen LogP contribution in [0.25, 0.3) is 0 Å². The first-order valence-electron chi connectivity index (χ1n) is 7.59. The van der Waals surface area contributed by atoms with Gasteiger partial charge < -0.3 is 19.5 Å². The fraction of sp³-hybridized carbons (Fsp3) is 0.867. The lowest BCUT2D eigenvalue weighted by Gasteiger charge is -2.34. The van der Waals surface area contributed by atoms with E-state index in [1.165, 1.54) is 6.92 Å². The Hall–Kier alpha value is -1.14. The van der Waals surface area contributed by atoms with Gasteiger partial charge in [0, 0.05) is 26.6 Å². The van der Waals surface area contributed by atoms with Crippen molar-refractivity contribution in [3.8, 4) is 0 Å². The monoisotopic (exact) mass is 303 g/mol. The Bertz CT molecular complexity index is 298. The Kier molecular flexibility index (Phi) is 10.9. The highest BCUT2D eigenvalue weighted by atomic mass is 16.5. The van der Waals surface area contributed by atoms with E-state index in [4.69, 9.17) is 14.2 Å². The second-order valence-electron chi connectivity index (χ2n) is 4.89. The van der Waals surface area contributed by atoms with E-state index in [1.807, 2.05) is 13.8 Å². The predicted molar refractivity (Wildman–Crippen MR) is 80.0 cm³/mol. The van der Waals surface area contributed by atoms with Gasteiger partial charge in [-0.25, -0.2) is 0 Å². The van der Waals surface area contributed by atoms with Crippen LogP contribution in [0.2, 0.25) is 0 Å². The fourth-order valence-corrected chi connectivity index (χ4v) is 2.09. The Labute approximate surface area is 127 Å². The number of hydrogen-bond donors (Lipinski definition) is 1. The van der Waals surface area contributed by atoms with Crippen molar-refractivity contribution in [1.82, 2.24) is 5.32 Å². The fourth-order valence-electron chi connectivity index (χ4n) is 2.09. The third-order valence-corrected chi connectivity index (χ3v) is 2.95. The minimum absolute atomic E-state index is 0.134. The van der Waals surface area contributed by atoms with Crippen LogP contribution in [0.15, 0.2) is 0 Å². The van der Waals surface area contributed by atoms with Gasteiger partial charge in [0.1, 0.15) is 0 Å². The van der Waals surface area contributed by atoms with Gasteiger partial charge in [0.25, 0.3) is 0 Å². The molecule has 1 amide bonds. The van der Waals surface area contributed by atoms with Crippen molar-refractivity contribution in [3.63, 3.8) is 0 Å².